The van der Waals surface area contributed by atoms with Crippen LogP contribution in [0.25, 0.3) is 0 Å². The van der Waals surface area contributed by atoms with Gasteiger partial charge in [-0.25, -0.2) is 0 Å². The third-order valence-electron chi connectivity index (χ3n) is 5.78. The van der Waals surface area contributed by atoms with Crippen LogP contribution < -0.4 is 5.32 Å². The first kappa shape index (κ1) is 12.8. The summed E-state index contributed by atoms with van der Waals surface area (Å²) < 4.78 is 5.50. The molecule has 1 aromatic rings. The molecule has 1 aromatic carbocycles. The van der Waals surface area contributed by atoms with E-state index in [1.807, 2.05) is 0 Å². The normalized spacial score (nSPS) is 39.5. The number of rotatable bonds is 4. The number of ether oxygens (including phenoxy) is 1. The molecule has 4 rings (SSSR count). The van der Waals surface area contributed by atoms with Crippen LogP contribution in [0.2, 0.25) is 0 Å². The Kier molecular flexibility index (Phi) is 3.53. The summed E-state index contributed by atoms with van der Waals surface area (Å²) >= 11 is 0. The van der Waals surface area contributed by atoms with Crippen LogP contribution in [0.15, 0.2) is 30.3 Å². The number of hydrogen-bond donors (Lipinski definition) is 1. The fourth-order valence-corrected chi connectivity index (χ4v) is 4.75. The molecule has 0 bridgehead atoms. The minimum absolute atomic E-state index is 0.713. The molecular weight excluding hydrogens is 246 g/mol. The molecule has 20 heavy (non-hydrogen) atoms. The van der Waals surface area contributed by atoms with E-state index >= 15 is 0 Å². The molecule has 0 aromatic heterocycles. The van der Waals surface area contributed by atoms with Crippen LogP contribution in [0.1, 0.15) is 37.2 Å². The van der Waals surface area contributed by atoms with E-state index in [1.165, 1.54) is 25.7 Å². The molecule has 3 fully saturated rings. The van der Waals surface area contributed by atoms with E-state index in [0.717, 1.165) is 43.4 Å². The zero-order chi connectivity index (χ0) is 13.4. The van der Waals surface area contributed by atoms with Crippen LogP contribution in [0.4, 0.5) is 0 Å². The molecular formula is C18H25NO. The molecule has 108 valence electrons. The van der Waals surface area contributed by atoms with Crippen molar-refractivity contribution in [3.8, 4) is 0 Å². The SMILES string of the molecule is c1ccc([C@@H]2[C@@H]3CCC[C@H]3[C@H]2NC[C@@H]2CCOC2)cc1. The zero-order valence-electron chi connectivity index (χ0n) is 12.1. The molecule has 2 heteroatoms. The lowest BCUT2D eigenvalue weighted by molar-refractivity contribution is 0.0902. The molecule has 5 atom stereocenters. The Hall–Kier alpha value is -0.860. The lowest BCUT2D eigenvalue weighted by Gasteiger charge is -2.50. The van der Waals surface area contributed by atoms with Crippen molar-refractivity contribution < 1.29 is 4.74 Å². The lowest BCUT2D eigenvalue weighted by Crippen LogP contribution is -2.55. The van der Waals surface area contributed by atoms with E-state index in [-0.39, 0.29) is 0 Å². The highest BCUT2D eigenvalue weighted by atomic mass is 16.5. The van der Waals surface area contributed by atoms with Gasteiger partial charge in [0.25, 0.3) is 0 Å². The van der Waals surface area contributed by atoms with Crippen molar-refractivity contribution in [1.29, 1.82) is 0 Å². The highest BCUT2D eigenvalue weighted by Crippen LogP contribution is 2.55. The number of fused-ring (bicyclic) bond motifs is 1. The van der Waals surface area contributed by atoms with Gasteiger partial charge in [-0.2, -0.15) is 0 Å². The molecule has 1 aliphatic heterocycles. The summed E-state index contributed by atoms with van der Waals surface area (Å²) in [7, 11) is 0. The summed E-state index contributed by atoms with van der Waals surface area (Å²) in [5.74, 6) is 3.37. The zero-order valence-corrected chi connectivity index (χ0v) is 12.1. The van der Waals surface area contributed by atoms with E-state index in [0.29, 0.717) is 6.04 Å². The highest BCUT2D eigenvalue weighted by molar-refractivity contribution is 5.28. The van der Waals surface area contributed by atoms with Gasteiger partial charge in [-0.05, 0) is 42.6 Å². The fraction of sp³-hybridized carbons (Fsp3) is 0.667. The Morgan fingerprint density at radius 1 is 1.05 bits per heavy atom. The number of benzene rings is 1. The summed E-state index contributed by atoms with van der Waals surface area (Å²) in [5, 5.41) is 3.90. The van der Waals surface area contributed by atoms with Gasteiger partial charge in [0.2, 0.25) is 0 Å². The van der Waals surface area contributed by atoms with Gasteiger partial charge in [-0.1, -0.05) is 36.8 Å². The van der Waals surface area contributed by atoms with Crippen LogP contribution >= 0.6 is 0 Å². The van der Waals surface area contributed by atoms with Crippen molar-refractivity contribution in [3.05, 3.63) is 35.9 Å². The van der Waals surface area contributed by atoms with Gasteiger partial charge in [0.1, 0.15) is 0 Å². The molecule has 1 saturated heterocycles. The topological polar surface area (TPSA) is 21.3 Å². The second-order valence-electron chi connectivity index (χ2n) is 6.86. The maximum atomic E-state index is 5.50. The summed E-state index contributed by atoms with van der Waals surface area (Å²) in [6.45, 7) is 3.08. The standard InChI is InChI=1S/C18H25NO/c1-2-5-14(6-3-1)17-15-7-4-8-16(15)18(17)19-11-13-9-10-20-12-13/h1-3,5-6,13,15-19H,4,7-12H2/t13-,15+,16+,17+,18+/m0/s1. The Morgan fingerprint density at radius 3 is 2.70 bits per heavy atom. The van der Waals surface area contributed by atoms with Crippen molar-refractivity contribution in [2.45, 2.75) is 37.6 Å². The van der Waals surface area contributed by atoms with Gasteiger partial charge >= 0.3 is 0 Å². The third-order valence-corrected chi connectivity index (χ3v) is 5.78. The average Bonchev–Trinajstić information content (AvgIpc) is 3.11. The van der Waals surface area contributed by atoms with Crippen LogP contribution in [0, 0.1) is 17.8 Å². The molecule has 1 heterocycles. The molecule has 1 N–H and O–H groups in total. The number of nitrogens with one attached hydrogen (secondary N) is 1. The molecule has 0 amide bonds. The van der Waals surface area contributed by atoms with Gasteiger partial charge in [-0.3, -0.25) is 0 Å². The predicted molar refractivity (Wildman–Crippen MR) is 80.7 cm³/mol. The summed E-state index contributed by atoms with van der Waals surface area (Å²) in [5.41, 5.74) is 1.55. The second-order valence-corrected chi connectivity index (χ2v) is 6.86. The molecule has 2 nitrogen and oxygen atoms in total. The van der Waals surface area contributed by atoms with Crippen molar-refractivity contribution >= 4 is 0 Å². The third kappa shape index (κ3) is 2.19. The quantitative estimate of drug-likeness (QED) is 0.908. The second kappa shape index (κ2) is 5.50. The van der Waals surface area contributed by atoms with Crippen LogP contribution in [-0.2, 0) is 4.74 Å². The van der Waals surface area contributed by atoms with Crippen molar-refractivity contribution in [2.75, 3.05) is 19.8 Å². The van der Waals surface area contributed by atoms with Crippen LogP contribution in [-0.4, -0.2) is 25.8 Å². The first-order valence-electron chi connectivity index (χ1n) is 8.29. The first-order valence-corrected chi connectivity index (χ1v) is 8.29. The van der Waals surface area contributed by atoms with Gasteiger partial charge < -0.3 is 10.1 Å². The fourth-order valence-electron chi connectivity index (χ4n) is 4.75. The van der Waals surface area contributed by atoms with Gasteiger partial charge in [-0.15, -0.1) is 0 Å². The van der Waals surface area contributed by atoms with Crippen molar-refractivity contribution in [3.63, 3.8) is 0 Å². The lowest BCUT2D eigenvalue weighted by atomic mass is 9.59. The Morgan fingerprint density at radius 2 is 1.90 bits per heavy atom. The van der Waals surface area contributed by atoms with Crippen LogP contribution in [0.3, 0.4) is 0 Å². The van der Waals surface area contributed by atoms with Crippen molar-refractivity contribution in [1.82, 2.24) is 5.32 Å². The van der Waals surface area contributed by atoms with Gasteiger partial charge in [0.05, 0.1) is 6.61 Å². The Labute approximate surface area is 121 Å². The first-order chi connectivity index (χ1) is 9.93. The molecule has 0 unspecified atom stereocenters. The van der Waals surface area contributed by atoms with Crippen molar-refractivity contribution in [2.24, 2.45) is 17.8 Å². The monoisotopic (exact) mass is 271 g/mol. The maximum absolute atomic E-state index is 5.50. The van der Waals surface area contributed by atoms with E-state index in [9.17, 15) is 0 Å². The van der Waals surface area contributed by atoms with E-state index in [1.54, 1.807) is 5.56 Å². The molecule has 2 saturated carbocycles. The van der Waals surface area contributed by atoms with Gasteiger partial charge in [0, 0.05) is 25.1 Å². The maximum Gasteiger partial charge on any atom is 0.0507 e. The van der Waals surface area contributed by atoms with E-state index in [4.69, 9.17) is 4.74 Å². The van der Waals surface area contributed by atoms with E-state index in [2.05, 4.69) is 35.6 Å². The number of hydrogen-bond acceptors (Lipinski definition) is 2. The summed E-state index contributed by atoms with van der Waals surface area (Å²) in [6, 6.07) is 11.9. The average molecular weight is 271 g/mol. The predicted octanol–water partition coefficient (Wildman–Crippen LogP) is 3.19. The Bertz CT molecular complexity index is 440. The van der Waals surface area contributed by atoms with Gasteiger partial charge in [0.15, 0.2) is 0 Å². The molecule has 0 spiro atoms. The smallest absolute Gasteiger partial charge is 0.0507 e. The van der Waals surface area contributed by atoms with Crippen LogP contribution in [0.5, 0.6) is 0 Å². The minimum atomic E-state index is 0.713. The molecule has 3 aliphatic rings. The molecule has 0 radical (unpaired) electrons. The largest absolute Gasteiger partial charge is 0.381 e. The Balaban J connectivity index is 1.45. The summed E-state index contributed by atoms with van der Waals surface area (Å²) in [4.78, 5) is 0. The minimum Gasteiger partial charge on any atom is -0.381 e. The van der Waals surface area contributed by atoms with E-state index < -0.39 is 0 Å². The molecule has 2 aliphatic carbocycles. The highest BCUT2D eigenvalue weighted by Gasteiger charge is 2.52. The summed E-state index contributed by atoms with van der Waals surface area (Å²) in [6.07, 6.45) is 5.55.